The molecule has 0 saturated carbocycles. The zero-order chi connectivity index (χ0) is 17.8. The van der Waals surface area contributed by atoms with E-state index in [1.165, 1.54) is 0 Å². The number of carboxylic acids is 1. The lowest BCUT2D eigenvalue weighted by atomic mass is 10.1. The molecule has 0 bridgehead atoms. The minimum Gasteiger partial charge on any atom is -0.481 e. The van der Waals surface area contributed by atoms with Crippen LogP contribution in [0, 0.1) is 0 Å². The molecule has 3 aromatic rings. The summed E-state index contributed by atoms with van der Waals surface area (Å²) in [5.41, 5.74) is 3.65. The van der Waals surface area contributed by atoms with Crippen molar-refractivity contribution in [3.63, 3.8) is 0 Å². The molecule has 0 unspecified atom stereocenters. The van der Waals surface area contributed by atoms with Crippen molar-refractivity contribution in [1.82, 2.24) is 4.98 Å². The van der Waals surface area contributed by atoms with Crippen molar-refractivity contribution < 1.29 is 14.3 Å². The Bertz CT molecular complexity index is 870. The van der Waals surface area contributed by atoms with E-state index in [4.69, 9.17) is 9.52 Å². The molecule has 0 saturated heterocycles. The minimum absolute atomic E-state index is 0.00802. The Morgan fingerprint density at radius 3 is 2.48 bits per heavy atom. The van der Waals surface area contributed by atoms with Crippen molar-refractivity contribution in [1.29, 1.82) is 0 Å². The molecule has 0 atom stereocenters. The van der Waals surface area contributed by atoms with Gasteiger partial charge in [0, 0.05) is 37.3 Å². The van der Waals surface area contributed by atoms with E-state index in [1.54, 1.807) is 0 Å². The molecule has 5 nitrogen and oxygen atoms in total. The number of oxazole rings is 1. The molecule has 25 heavy (non-hydrogen) atoms. The van der Waals surface area contributed by atoms with E-state index in [0.29, 0.717) is 11.7 Å². The van der Waals surface area contributed by atoms with Crippen molar-refractivity contribution >= 4 is 11.7 Å². The van der Waals surface area contributed by atoms with Gasteiger partial charge < -0.3 is 14.4 Å². The van der Waals surface area contributed by atoms with Crippen LogP contribution in [0.1, 0.15) is 12.3 Å². The van der Waals surface area contributed by atoms with Gasteiger partial charge in [0.15, 0.2) is 11.7 Å². The number of benzene rings is 2. The first-order valence-corrected chi connectivity index (χ1v) is 8.09. The van der Waals surface area contributed by atoms with Crippen LogP contribution in [0.25, 0.3) is 22.6 Å². The molecule has 0 radical (unpaired) electrons. The fourth-order valence-corrected chi connectivity index (χ4v) is 2.60. The molecule has 0 fully saturated rings. The maximum atomic E-state index is 10.8. The molecular formula is C20H20N2O3. The van der Waals surface area contributed by atoms with Crippen LogP contribution in [-0.2, 0) is 11.2 Å². The average molecular weight is 336 g/mol. The first-order chi connectivity index (χ1) is 12.0. The van der Waals surface area contributed by atoms with Gasteiger partial charge in [-0.1, -0.05) is 42.5 Å². The van der Waals surface area contributed by atoms with Gasteiger partial charge >= 0.3 is 5.97 Å². The van der Waals surface area contributed by atoms with E-state index in [9.17, 15) is 4.79 Å². The Balaban J connectivity index is 2.07. The lowest BCUT2D eigenvalue weighted by Gasteiger charge is -2.13. The molecule has 128 valence electrons. The summed E-state index contributed by atoms with van der Waals surface area (Å²) in [6.45, 7) is 0. The molecule has 0 aliphatic rings. The fraction of sp³-hybridized carbons (Fsp3) is 0.200. The van der Waals surface area contributed by atoms with Gasteiger partial charge in [0.2, 0.25) is 0 Å². The third-order valence-electron chi connectivity index (χ3n) is 3.90. The summed E-state index contributed by atoms with van der Waals surface area (Å²) in [6.07, 6.45) is 0.258. The van der Waals surface area contributed by atoms with E-state index in [1.807, 2.05) is 73.6 Å². The molecule has 1 aromatic heterocycles. The second-order valence-electron chi connectivity index (χ2n) is 5.99. The van der Waals surface area contributed by atoms with Gasteiger partial charge in [-0.05, 0) is 12.1 Å². The average Bonchev–Trinajstić information content (AvgIpc) is 3.05. The van der Waals surface area contributed by atoms with Crippen LogP contribution >= 0.6 is 0 Å². The Hall–Kier alpha value is -3.08. The maximum Gasteiger partial charge on any atom is 0.303 e. The molecule has 0 spiro atoms. The van der Waals surface area contributed by atoms with Gasteiger partial charge in [-0.15, -0.1) is 0 Å². The molecule has 0 aliphatic heterocycles. The zero-order valence-corrected chi connectivity index (χ0v) is 14.3. The van der Waals surface area contributed by atoms with Crippen molar-refractivity contribution in [2.75, 3.05) is 19.0 Å². The third-order valence-corrected chi connectivity index (χ3v) is 3.90. The number of anilines is 1. The van der Waals surface area contributed by atoms with Crippen molar-refractivity contribution in [3.05, 3.63) is 60.5 Å². The number of rotatable bonds is 6. The zero-order valence-electron chi connectivity index (χ0n) is 14.3. The van der Waals surface area contributed by atoms with E-state index in [0.717, 1.165) is 22.5 Å². The quantitative estimate of drug-likeness (QED) is 0.734. The summed E-state index contributed by atoms with van der Waals surface area (Å²) < 4.78 is 5.95. The second-order valence-corrected chi connectivity index (χ2v) is 5.99. The number of hydrogen-bond acceptors (Lipinski definition) is 4. The lowest BCUT2D eigenvalue weighted by molar-refractivity contribution is -0.137. The Labute approximate surface area is 146 Å². The highest BCUT2D eigenvalue weighted by Crippen LogP contribution is 2.34. The number of carboxylic acid groups (broad SMARTS) is 1. The maximum absolute atomic E-state index is 10.8. The number of carbonyl (C=O) groups is 1. The third kappa shape index (κ3) is 3.88. The summed E-state index contributed by atoms with van der Waals surface area (Å²) in [5, 5.41) is 8.91. The molecule has 0 aliphatic carbocycles. The van der Waals surface area contributed by atoms with Crippen LogP contribution in [0.4, 0.5) is 5.69 Å². The molecule has 3 rings (SSSR count). The summed E-state index contributed by atoms with van der Waals surface area (Å²) in [4.78, 5) is 17.4. The highest BCUT2D eigenvalue weighted by atomic mass is 16.4. The second kappa shape index (κ2) is 7.21. The standard InChI is InChI=1S/C20H20N2O3/c1-22(2)16-10-6-9-15(13-16)20-19(14-7-4-3-5-8-14)21-17(25-20)11-12-18(23)24/h3-10,13H,11-12H2,1-2H3,(H,23,24). The lowest BCUT2D eigenvalue weighted by Crippen LogP contribution is -2.08. The molecule has 2 aromatic carbocycles. The van der Waals surface area contributed by atoms with Crippen LogP contribution in [-0.4, -0.2) is 30.2 Å². The molecule has 1 N–H and O–H groups in total. The van der Waals surface area contributed by atoms with Gasteiger partial charge in [-0.25, -0.2) is 4.98 Å². The molecular weight excluding hydrogens is 316 g/mol. The number of aryl methyl sites for hydroxylation is 1. The van der Waals surface area contributed by atoms with Crippen LogP contribution in [0.3, 0.4) is 0 Å². The molecule has 1 heterocycles. The monoisotopic (exact) mass is 336 g/mol. The van der Waals surface area contributed by atoms with E-state index < -0.39 is 5.97 Å². The number of aromatic nitrogens is 1. The number of nitrogens with zero attached hydrogens (tertiary/aromatic N) is 2. The highest BCUT2D eigenvalue weighted by Gasteiger charge is 2.18. The van der Waals surface area contributed by atoms with Crippen LogP contribution < -0.4 is 4.90 Å². The normalized spacial score (nSPS) is 10.6. The van der Waals surface area contributed by atoms with Gasteiger partial charge in [0.05, 0.1) is 6.42 Å². The van der Waals surface area contributed by atoms with Crippen LogP contribution in [0.15, 0.2) is 59.0 Å². The topological polar surface area (TPSA) is 66.6 Å². The smallest absolute Gasteiger partial charge is 0.303 e. The van der Waals surface area contributed by atoms with E-state index >= 15 is 0 Å². The van der Waals surface area contributed by atoms with Crippen molar-refractivity contribution in [2.24, 2.45) is 0 Å². The largest absolute Gasteiger partial charge is 0.481 e. The summed E-state index contributed by atoms with van der Waals surface area (Å²) in [7, 11) is 3.96. The Kier molecular flexibility index (Phi) is 4.84. The van der Waals surface area contributed by atoms with E-state index in [2.05, 4.69) is 4.98 Å². The van der Waals surface area contributed by atoms with E-state index in [-0.39, 0.29) is 12.8 Å². The predicted octanol–water partition coefficient (Wildman–Crippen LogP) is 4.09. The summed E-state index contributed by atoms with van der Waals surface area (Å²) in [5.74, 6) is 0.234. The minimum atomic E-state index is -0.865. The Morgan fingerprint density at radius 1 is 1.08 bits per heavy atom. The van der Waals surface area contributed by atoms with Crippen LogP contribution in [0.2, 0.25) is 0 Å². The van der Waals surface area contributed by atoms with Crippen molar-refractivity contribution in [2.45, 2.75) is 12.8 Å². The predicted molar refractivity (Wildman–Crippen MR) is 97.7 cm³/mol. The summed E-state index contributed by atoms with van der Waals surface area (Å²) in [6, 6.07) is 17.8. The van der Waals surface area contributed by atoms with Gasteiger partial charge in [0.1, 0.15) is 5.69 Å². The fourth-order valence-electron chi connectivity index (χ4n) is 2.60. The number of hydrogen-bond donors (Lipinski definition) is 1. The van der Waals surface area contributed by atoms with Gasteiger partial charge in [-0.3, -0.25) is 4.79 Å². The highest BCUT2D eigenvalue weighted by molar-refractivity contribution is 5.78. The summed E-state index contributed by atoms with van der Waals surface area (Å²) >= 11 is 0. The first kappa shape index (κ1) is 16.8. The van der Waals surface area contributed by atoms with Gasteiger partial charge in [0.25, 0.3) is 0 Å². The Morgan fingerprint density at radius 2 is 1.80 bits per heavy atom. The SMILES string of the molecule is CN(C)c1cccc(-c2oc(CCC(=O)O)nc2-c2ccccc2)c1. The van der Waals surface area contributed by atoms with Crippen molar-refractivity contribution in [3.8, 4) is 22.6 Å². The van der Waals surface area contributed by atoms with Crippen LogP contribution in [0.5, 0.6) is 0 Å². The number of aliphatic carboxylic acids is 1. The molecule has 0 amide bonds. The first-order valence-electron chi connectivity index (χ1n) is 8.09. The molecule has 5 heteroatoms. The van der Waals surface area contributed by atoms with Gasteiger partial charge in [-0.2, -0.15) is 0 Å².